The van der Waals surface area contributed by atoms with Gasteiger partial charge in [-0.2, -0.15) is 0 Å². The Morgan fingerprint density at radius 1 is 1.20 bits per heavy atom. The number of hydrogen-bond acceptors (Lipinski definition) is 3. The minimum absolute atomic E-state index is 0.0817. The first kappa shape index (κ1) is 15.6. The van der Waals surface area contributed by atoms with Crippen LogP contribution in [0.1, 0.15) is 18.4 Å². The van der Waals surface area contributed by atoms with Gasteiger partial charge in [-0.25, -0.2) is 9.18 Å². The average molecular weight is 340 g/mol. The molecule has 0 spiro atoms. The zero-order chi connectivity index (χ0) is 17.4. The number of benzene rings is 2. The van der Waals surface area contributed by atoms with Gasteiger partial charge >= 0.3 is 5.76 Å². The third-order valence-corrected chi connectivity index (χ3v) is 4.42. The van der Waals surface area contributed by atoms with Gasteiger partial charge in [0.05, 0.1) is 5.52 Å². The Hall–Kier alpha value is -2.89. The van der Waals surface area contributed by atoms with E-state index in [9.17, 15) is 14.0 Å². The second kappa shape index (κ2) is 6.20. The molecule has 0 aliphatic heterocycles. The number of carbonyl (C=O) groups is 1. The summed E-state index contributed by atoms with van der Waals surface area (Å²) in [5.74, 6) is -1.03. The summed E-state index contributed by atoms with van der Waals surface area (Å²) in [5, 5.41) is 0. The second-order valence-electron chi connectivity index (χ2n) is 6.30. The fraction of sp³-hybridized carbons (Fsp3) is 0.263. The molecule has 1 amide bonds. The van der Waals surface area contributed by atoms with Crippen LogP contribution in [0.2, 0.25) is 0 Å². The van der Waals surface area contributed by atoms with Crippen molar-refractivity contribution in [2.24, 2.45) is 0 Å². The van der Waals surface area contributed by atoms with E-state index in [1.165, 1.54) is 16.7 Å². The van der Waals surface area contributed by atoms with Crippen LogP contribution in [-0.4, -0.2) is 21.4 Å². The molecule has 128 valence electrons. The molecule has 5 nitrogen and oxygen atoms in total. The summed E-state index contributed by atoms with van der Waals surface area (Å²) >= 11 is 0. The van der Waals surface area contributed by atoms with E-state index in [1.807, 2.05) is 0 Å². The fourth-order valence-electron chi connectivity index (χ4n) is 3.03. The smallest absolute Gasteiger partial charge is 0.408 e. The minimum Gasteiger partial charge on any atom is -0.408 e. The van der Waals surface area contributed by atoms with Crippen LogP contribution in [0.3, 0.4) is 0 Å². The highest BCUT2D eigenvalue weighted by atomic mass is 19.1. The minimum atomic E-state index is -0.545. The summed E-state index contributed by atoms with van der Waals surface area (Å²) < 4.78 is 19.9. The Morgan fingerprint density at radius 3 is 2.76 bits per heavy atom. The SMILES string of the molecule is O=C(Cn1c(=O)oc2ccccc21)N(Cc1cccc(F)c1)C1CC1. The fourth-order valence-corrected chi connectivity index (χ4v) is 3.03. The molecule has 3 aromatic rings. The van der Waals surface area contributed by atoms with Crippen LogP contribution >= 0.6 is 0 Å². The molecule has 1 saturated carbocycles. The number of amides is 1. The van der Waals surface area contributed by atoms with Crippen LogP contribution in [0.4, 0.5) is 4.39 Å². The first-order valence-corrected chi connectivity index (χ1v) is 8.24. The molecule has 6 heteroatoms. The first-order chi connectivity index (χ1) is 12.1. The molecule has 2 aromatic carbocycles. The van der Waals surface area contributed by atoms with Crippen molar-refractivity contribution >= 4 is 17.0 Å². The van der Waals surface area contributed by atoms with Gasteiger partial charge in [-0.3, -0.25) is 9.36 Å². The highest BCUT2D eigenvalue weighted by Gasteiger charge is 2.33. The number of aromatic nitrogens is 1. The van der Waals surface area contributed by atoms with E-state index in [-0.39, 0.29) is 24.3 Å². The number of para-hydroxylation sites is 2. The zero-order valence-electron chi connectivity index (χ0n) is 13.5. The van der Waals surface area contributed by atoms with Gasteiger partial charge in [-0.1, -0.05) is 24.3 Å². The maximum Gasteiger partial charge on any atom is 0.420 e. The molecule has 0 atom stereocenters. The maximum absolute atomic E-state index is 13.4. The molecule has 0 saturated heterocycles. The molecular weight excluding hydrogens is 323 g/mol. The Kier molecular flexibility index (Phi) is 3.87. The molecule has 0 N–H and O–H groups in total. The lowest BCUT2D eigenvalue weighted by Gasteiger charge is -2.22. The summed E-state index contributed by atoms with van der Waals surface area (Å²) in [5.41, 5.74) is 1.80. The number of oxazole rings is 1. The number of nitrogens with zero attached hydrogens (tertiary/aromatic N) is 2. The normalized spacial score (nSPS) is 14.0. The van der Waals surface area contributed by atoms with E-state index in [1.54, 1.807) is 41.3 Å². The predicted octanol–water partition coefficient (Wildman–Crippen LogP) is 2.92. The van der Waals surface area contributed by atoms with Crippen molar-refractivity contribution in [3.63, 3.8) is 0 Å². The summed E-state index contributed by atoms with van der Waals surface area (Å²) in [6, 6.07) is 13.4. The van der Waals surface area contributed by atoms with Gasteiger partial charge in [-0.05, 0) is 42.7 Å². The van der Waals surface area contributed by atoms with Gasteiger partial charge in [-0.15, -0.1) is 0 Å². The number of rotatable bonds is 5. The molecule has 1 aliphatic carbocycles. The van der Waals surface area contributed by atoms with Crippen molar-refractivity contribution in [2.75, 3.05) is 0 Å². The molecule has 1 fully saturated rings. The lowest BCUT2D eigenvalue weighted by Crippen LogP contribution is -2.36. The van der Waals surface area contributed by atoms with E-state index in [0.29, 0.717) is 17.6 Å². The van der Waals surface area contributed by atoms with Gasteiger partial charge < -0.3 is 9.32 Å². The van der Waals surface area contributed by atoms with E-state index >= 15 is 0 Å². The number of hydrogen-bond donors (Lipinski definition) is 0. The van der Waals surface area contributed by atoms with Crippen LogP contribution in [0.5, 0.6) is 0 Å². The third kappa shape index (κ3) is 3.20. The van der Waals surface area contributed by atoms with Crippen LogP contribution in [0.25, 0.3) is 11.1 Å². The van der Waals surface area contributed by atoms with E-state index in [4.69, 9.17) is 4.42 Å². The van der Waals surface area contributed by atoms with Crippen LogP contribution in [0, 0.1) is 5.82 Å². The van der Waals surface area contributed by atoms with E-state index < -0.39 is 5.76 Å². The Balaban J connectivity index is 1.59. The topological polar surface area (TPSA) is 55.5 Å². The Labute approximate surface area is 143 Å². The first-order valence-electron chi connectivity index (χ1n) is 8.24. The highest BCUT2D eigenvalue weighted by molar-refractivity contribution is 5.80. The second-order valence-corrected chi connectivity index (χ2v) is 6.30. The van der Waals surface area contributed by atoms with Crippen molar-refractivity contribution < 1.29 is 13.6 Å². The molecule has 1 aliphatic rings. The van der Waals surface area contributed by atoms with Gasteiger partial charge in [0.1, 0.15) is 12.4 Å². The van der Waals surface area contributed by atoms with Gasteiger partial charge in [0.25, 0.3) is 0 Å². The average Bonchev–Trinajstić information content (AvgIpc) is 3.38. The number of halogens is 1. The molecule has 25 heavy (non-hydrogen) atoms. The van der Waals surface area contributed by atoms with E-state index in [0.717, 1.165) is 18.4 Å². The maximum atomic E-state index is 13.4. The van der Waals surface area contributed by atoms with Gasteiger partial charge in [0.15, 0.2) is 5.58 Å². The van der Waals surface area contributed by atoms with Crippen molar-refractivity contribution in [1.82, 2.24) is 9.47 Å². The summed E-state index contributed by atoms with van der Waals surface area (Å²) in [4.78, 5) is 26.6. The van der Waals surface area contributed by atoms with Crippen LogP contribution in [-0.2, 0) is 17.9 Å². The Morgan fingerprint density at radius 2 is 2.00 bits per heavy atom. The lowest BCUT2D eigenvalue weighted by atomic mass is 10.2. The standard InChI is InChI=1S/C19H17FN2O3/c20-14-5-3-4-13(10-14)11-21(15-8-9-15)18(23)12-22-16-6-1-2-7-17(16)25-19(22)24/h1-7,10,15H,8-9,11-12H2. The quantitative estimate of drug-likeness (QED) is 0.718. The summed E-state index contributed by atoms with van der Waals surface area (Å²) in [7, 11) is 0. The van der Waals surface area contributed by atoms with Crippen LogP contribution in [0.15, 0.2) is 57.7 Å². The highest BCUT2D eigenvalue weighted by Crippen LogP contribution is 2.29. The largest absolute Gasteiger partial charge is 0.420 e. The number of carbonyl (C=O) groups excluding carboxylic acids is 1. The number of fused-ring (bicyclic) bond motifs is 1. The van der Waals surface area contributed by atoms with Crippen molar-refractivity contribution in [3.05, 3.63) is 70.5 Å². The Bertz CT molecular complexity index is 987. The summed E-state index contributed by atoms with van der Waals surface area (Å²) in [6.45, 7) is 0.257. The molecule has 0 bridgehead atoms. The van der Waals surface area contributed by atoms with Crippen molar-refractivity contribution in [1.29, 1.82) is 0 Å². The molecule has 4 rings (SSSR count). The monoisotopic (exact) mass is 340 g/mol. The predicted molar refractivity (Wildman–Crippen MR) is 90.4 cm³/mol. The molecule has 0 radical (unpaired) electrons. The van der Waals surface area contributed by atoms with Crippen LogP contribution < -0.4 is 5.76 Å². The summed E-state index contributed by atoms with van der Waals surface area (Å²) in [6.07, 6.45) is 1.87. The van der Waals surface area contributed by atoms with Crippen molar-refractivity contribution in [3.8, 4) is 0 Å². The molecule has 0 unspecified atom stereocenters. The molecular formula is C19H17FN2O3. The van der Waals surface area contributed by atoms with Gasteiger partial charge in [0.2, 0.25) is 5.91 Å². The molecule has 1 heterocycles. The van der Waals surface area contributed by atoms with Crippen molar-refractivity contribution in [2.45, 2.75) is 32.0 Å². The lowest BCUT2D eigenvalue weighted by molar-refractivity contribution is -0.133. The van der Waals surface area contributed by atoms with E-state index in [2.05, 4.69) is 0 Å². The third-order valence-electron chi connectivity index (χ3n) is 4.42. The van der Waals surface area contributed by atoms with Gasteiger partial charge in [0, 0.05) is 12.6 Å². The zero-order valence-corrected chi connectivity index (χ0v) is 13.5. The molecule has 1 aromatic heterocycles.